The summed E-state index contributed by atoms with van der Waals surface area (Å²) < 4.78 is 2.24. The topological polar surface area (TPSA) is 25.2 Å². The maximum absolute atomic E-state index is 11.9. The predicted molar refractivity (Wildman–Crippen MR) is 94.7 cm³/mol. The minimum atomic E-state index is 0.811. The van der Waals surface area contributed by atoms with Crippen molar-refractivity contribution >= 4 is 23.0 Å². The van der Waals surface area contributed by atoms with Gasteiger partial charge < -0.3 is 4.90 Å². The molecule has 0 bridgehead atoms. The van der Waals surface area contributed by atoms with Gasteiger partial charge in [-0.25, -0.2) is 0 Å². The Labute approximate surface area is 136 Å². The van der Waals surface area contributed by atoms with Crippen LogP contribution < -0.4 is 4.90 Å². The summed E-state index contributed by atoms with van der Waals surface area (Å²) in [4.78, 5) is 14.3. The van der Waals surface area contributed by atoms with Gasteiger partial charge in [0.1, 0.15) is 5.82 Å². The summed E-state index contributed by atoms with van der Waals surface area (Å²) in [6.07, 6.45) is 4.67. The van der Waals surface area contributed by atoms with E-state index in [0.717, 1.165) is 47.3 Å². The average Bonchev–Trinajstić information content (AvgIpc) is 2.97. The van der Waals surface area contributed by atoms with Crippen LogP contribution in [-0.2, 0) is 0 Å². The molecule has 1 fully saturated rings. The number of carbonyl (C=O) groups is 1. The van der Waals surface area contributed by atoms with Crippen molar-refractivity contribution in [1.29, 1.82) is 0 Å². The number of hydrogen-bond acceptors (Lipinski definition) is 2. The fourth-order valence-corrected chi connectivity index (χ4v) is 3.62. The summed E-state index contributed by atoms with van der Waals surface area (Å²) in [6, 6.07) is 18.5. The molecular formula is C20H20N2O. The van der Waals surface area contributed by atoms with E-state index in [4.69, 9.17) is 0 Å². The van der Waals surface area contributed by atoms with Crippen molar-refractivity contribution in [2.45, 2.75) is 19.3 Å². The molecule has 4 rings (SSSR count). The minimum absolute atomic E-state index is 0.811. The quantitative estimate of drug-likeness (QED) is 0.669. The predicted octanol–water partition coefficient (Wildman–Crippen LogP) is 4.43. The number of fused-ring (bicyclic) bond motifs is 1. The molecule has 0 amide bonds. The monoisotopic (exact) mass is 304 g/mol. The fraction of sp³-hybridized carbons (Fsp3) is 0.250. The molecule has 3 nitrogen and oxygen atoms in total. The summed E-state index contributed by atoms with van der Waals surface area (Å²) in [5.41, 5.74) is 3.02. The maximum atomic E-state index is 11.9. The van der Waals surface area contributed by atoms with Gasteiger partial charge in [0.25, 0.3) is 0 Å². The lowest BCUT2D eigenvalue weighted by molar-refractivity contribution is 0.112. The zero-order valence-electron chi connectivity index (χ0n) is 13.1. The summed E-state index contributed by atoms with van der Waals surface area (Å²) in [5, 5.41) is 1.03. The first-order chi connectivity index (χ1) is 11.4. The molecule has 1 saturated heterocycles. The lowest BCUT2D eigenvalue weighted by Crippen LogP contribution is -2.31. The first-order valence-corrected chi connectivity index (χ1v) is 8.29. The van der Waals surface area contributed by atoms with Crippen molar-refractivity contribution < 1.29 is 4.79 Å². The Morgan fingerprint density at radius 2 is 1.52 bits per heavy atom. The summed E-state index contributed by atoms with van der Waals surface area (Å²) in [7, 11) is 0. The third-order valence-corrected chi connectivity index (χ3v) is 4.68. The molecular weight excluding hydrogens is 284 g/mol. The number of hydrogen-bond donors (Lipinski definition) is 0. The number of nitrogens with zero attached hydrogens (tertiary/aromatic N) is 2. The highest BCUT2D eigenvalue weighted by atomic mass is 16.1. The van der Waals surface area contributed by atoms with Crippen LogP contribution in [0.3, 0.4) is 0 Å². The van der Waals surface area contributed by atoms with Crippen molar-refractivity contribution in [2.75, 3.05) is 18.0 Å². The van der Waals surface area contributed by atoms with Crippen LogP contribution in [-0.4, -0.2) is 23.9 Å². The molecule has 0 spiro atoms. The van der Waals surface area contributed by atoms with Crippen LogP contribution >= 0.6 is 0 Å². The summed E-state index contributed by atoms with van der Waals surface area (Å²) in [5.74, 6) is 1.05. The molecule has 3 heteroatoms. The Morgan fingerprint density at radius 3 is 2.26 bits per heavy atom. The molecule has 1 aliphatic heterocycles. The SMILES string of the molecule is O=Cc1c(N2CCCCC2)n(-c2ccccc2)c2ccccc12. The van der Waals surface area contributed by atoms with E-state index < -0.39 is 0 Å². The minimum Gasteiger partial charge on any atom is -0.357 e. The molecule has 3 aromatic rings. The van der Waals surface area contributed by atoms with E-state index in [-0.39, 0.29) is 0 Å². The Balaban J connectivity index is 2.03. The molecule has 1 aliphatic rings. The molecule has 0 N–H and O–H groups in total. The van der Waals surface area contributed by atoms with E-state index in [1.165, 1.54) is 19.3 Å². The molecule has 116 valence electrons. The van der Waals surface area contributed by atoms with Gasteiger partial charge in [-0.05, 0) is 37.5 Å². The van der Waals surface area contributed by atoms with Crippen LogP contribution in [0.1, 0.15) is 29.6 Å². The molecule has 0 saturated carbocycles. The number of piperidine rings is 1. The van der Waals surface area contributed by atoms with Gasteiger partial charge in [0, 0.05) is 24.2 Å². The number of carbonyl (C=O) groups excluding carboxylic acids is 1. The summed E-state index contributed by atoms with van der Waals surface area (Å²) in [6.45, 7) is 2.04. The van der Waals surface area contributed by atoms with E-state index in [9.17, 15) is 4.79 Å². The fourth-order valence-electron chi connectivity index (χ4n) is 3.62. The van der Waals surface area contributed by atoms with Crippen molar-refractivity contribution in [3.05, 3.63) is 60.2 Å². The molecule has 23 heavy (non-hydrogen) atoms. The third kappa shape index (κ3) is 2.33. The smallest absolute Gasteiger partial charge is 0.154 e. The van der Waals surface area contributed by atoms with Gasteiger partial charge in [-0.2, -0.15) is 0 Å². The zero-order chi connectivity index (χ0) is 15.6. The van der Waals surface area contributed by atoms with Gasteiger partial charge in [-0.1, -0.05) is 36.4 Å². The van der Waals surface area contributed by atoms with E-state index >= 15 is 0 Å². The van der Waals surface area contributed by atoms with E-state index in [1.54, 1.807) is 0 Å². The molecule has 1 aromatic heterocycles. The Morgan fingerprint density at radius 1 is 0.826 bits per heavy atom. The number of benzene rings is 2. The Bertz CT molecular complexity index is 829. The Hall–Kier alpha value is -2.55. The van der Waals surface area contributed by atoms with Gasteiger partial charge in [0.2, 0.25) is 0 Å². The number of para-hydroxylation sites is 2. The van der Waals surface area contributed by atoms with Crippen LogP contribution in [0, 0.1) is 0 Å². The van der Waals surface area contributed by atoms with E-state index in [1.807, 2.05) is 36.4 Å². The highest BCUT2D eigenvalue weighted by Gasteiger charge is 2.23. The number of aromatic nitrogens is 1. The molecule has 0 atom stereocenters. The highest BCUT2D eigenvalue weighted by Crippen LogP contribution is 2.35. The number of rotatable bonds is 3. The van der Waals surface area contributed by atoms with Crippen molar-refractivity contribution in [3.8, 4) is 5.69 Å². The van der Waals surface area contributed by atoms with Gasteiger partial charge in [-0.15, -0.1) is 0 Å². The number of aldehydes is 1. The van der Waals surface area contributed by atoms with Crippen LogP contribution in [0.4, 0.5) is 5.82 Å². The second kappa shape index (κ2) is 5.92. The average molecular weight is 304 g/mol. The maximum Gasteiger partial charge on any atom is 0.154 e. The molecule has 2 heterocycles. The zero-order valence-corrected chi connectivity index (χ0v) is 13.1. The lowest BCUT2D eigenvalue weighted by atomic mass is 10.1. The standard InChI is InChI=1S/C20H20N2O/c23-15-18-17-11-5-6-12-19(17)22(16-9-3-1-4-10-16)20(18)21-13-7-2-8-14-21/h1,3-6,9-12,15H,2,7-8,13-14H2. The second-order valence-electron chi connectivity index (χ2n) is 6.09. The first-order valence-electron chi connectivity index (χ1n) is 8.29. The van der Waals surface area contributed by atoms with Crippen molar-refractivity contribution in [3.63, 3.8) is 0 Å². The van der Waals surface area contributed by atoms with E-state index in [2.05, 4.69) is 27.7 Å². The van der Waals surface area contributed by atoms with Gasteiger partial charge >= 0.3 is 0 Å². The molecule has 0 unspecified atom stereocenters. The second-order valence-corrected chi connectivity index (χ2v) is 6.09. The first kappa shape index (κ1) is 14.1. The van der Waals surface area contributed by atoms with E-state index in [0.29, 0.717) is 0 Å². The Kier molecular flexibility index (Phi) is 3.62. The normalized spacial score (nSPS) is 15.0. The van der Waals surface area contributed by atoms with Gasteiger partial charge in [0.05, 0.1) is 11.1 Å². The van der Waals surface area contributed by atoms with Crippen LogP contribution in [0.25, 0.3) is 16.6 Å². The van der Waals surface area contributed by atoms with Crippen molar-refractivity contribution in [1.82, 2.24) is 4.57 Å². The van der Waals surface area contributed by atoms with Gasteiger partial charge in [-0.3, -0.25) is 9.36 Å². The van der Waals surface area contributed by atoms with Crippen LogP contribution in [0.15, 0.2) is 54.6 Å². The lowest BCUT2D eigenvalue weighted by Gasteiger charge is -2.30. The molecule has 0 radical (unpaired) electrons. The molecule has 2 aromatic carbocycles. The van der Waals surface area contributed by atoms with Crippen LogP contribution in [0.2, 0.25) is 0 Å². The van der Waals surface area contributed by atoms with Crippen molar-refractivity contribution in [2.24, 2.45) is 0 Å². The van der Waals surface area contributed by atoms with Gasteiger partial charge in [0.15, 0.2) is 6.29 Å². The largest absolute Gasteiger partial charge is 0.357 e. The third-order valence-electron chi connectivity index (χ3n) is 4.68. The number of anilines is 1. The highest BCUT2D eigenvalue weighted by molar-refractivity contribution is 6.05. The summed E-state index contributed by atoms with van der Waals surface area (Å²) >= 11 is 0. The van der Waals surface area contributed by atoms with Crippen LogP contribution in [0.5, 0.6) is 0 Å². The molecule has 0 aliphatic carbocycles.